The van der Waals surface area contributed by atoms with Gasteiger partial charge in [0.2, 0.25) is 5.82 Å². The van der Waals surface area contributed by atoms with Gasteiger partial charge in [0.05, 0.1) is 5.56 Å². The zero-order chi connectivity index (χ0) is 21.7. The van der Waals surface area contributed by atoms with Crippen molar-refractivity contribution in [2.75, 3.05) is 0 Å². The molecule has 0 amide bonds. The van der Waals surface area contributed by atoms with Gasteiger partial charge in [0.15, 0.2) is 29.1 Å². The van der Waals surface area contributed by atoms with Gasteiger partial charge in [0.1, 0.15) is 6.10 Å². The number of halogens is 5. The number of carbonyl (C=O) groups excluding carboxylic acids is 1. The minimum absolute atomic E-state index is 0.00554. The summed E-state index contributed by atoms with van der Waals surface area (Å²) in [7, 11) is 0. The molecule has 3 unspecified atom stereocenters. The predicted molar refractivity (Wildman–Crippen MR) is 93.2 cm³/mol. The highest BCUT2D eigenvalue weighted by atomic mass is 19.2. The SMILES string of the molecule is O=C(O)CCCCCCC1C(=O)C(O)CC1C=Cc1c(F)c(F)c(F)c(F)c1F. The molecule has 2 N–H and O–H groups in total. The summed E-state index contributed by atoms with van der Waals surface area (Å²) < 4.78 is 67.3. The van der Waals surface area contributed by atoms with Gasteiger partial charge in [-0.2, -0.15) is 0 Å². The molecule has 0 radical (unpaired) electrons. The Labute approximate surface area is 164 Å². The van der Waals surface area contributed by atoms with Gasteiger partial charge in [0.25, 0.3) is 0 Å². The minimum Gasteiger partial charge on any atom is -0.481 e. The Balaban J connectivity index is 2.07. The molecule has 9 heteroatoms. The number of carboxylic acids is 1. The van der Waals surface area contributed by atoms with E-state index in [-0.39, 0.29) is 12.8 Å². The fraction of sp³-hybridized carbons (Fsp3) is 0.500. The van der Waals surface area contributed by atoms with Crippen molar-refractivity contribution < 1.29 is 41.8 Å². The third kappa shape index (κ3) is 5.41. The Morgan fingerprint density at radius 3 is 2.07 bits per heavy atom. The second-order valence-electron chi connectivity index (χ2n) is 7.11. The van der Waals surface area contributed by atoms with Crippen molar-refractivity contribution in [3.63, 3.8) is 0 Å². The van der Waals surface area contributed by atoms with Crippen molar-refractivity contribution in [3.05, 3.63) is 40.7 Å². The van der Waals surface area contributed by atoms with Crippen LogP contribution in [-0.2, 0) is 9.59 Å². The summed E-state index contributed by atoms with van der Waals surface area (Å²) >= 11 is 0. The molecule has 0 aliphatic heterocycles. The van der Waals surface area contributed by atoms with E-state index >= 15 is 0 Å². The number of unbranched alkanes of at least 4 members (excludes halogenated alkanes) is 3. The van der Waals surface area contributed by atoms with Crippen LogP contribution in [0.2, 0.25) is 0 Å². The zero-order valence-corrected chi connectivity index (χ0v) is 15.4. The number of carbonyl (C=O) groups is 2. The van der Waals surface area contributed by atoms with Gasteiger partial charge in [0, 0.05) is 12.3 Å². The highest BCUT2D eigenvalue weighted by Crippen LogP contribution is 2.35. The molecule has 3 atom stereocenters. The van der Waals surface area contributed by atoms with E-state index in [9.17, 15) is 36.6 Å². The van der Waals surface area contributed by atoms with Crippen molar-refractivity contribution >= 4 is 17.8 Å². The molecule has 160 valence electrons. The standard InChI is InChI=1S/C20H21F5O4/c21-15-12(16(22)18(24)19(25)17(15)23)8-7-10-9-13(26)20(29)11(10)5-3-1-2-4-6-14(27)28/h7-8,10-11,13,26H,1-6,9H2,(H,27,28). The summed E-state index contributed by atoms with van der Waals surface area (Å²) in [6.45, 7) is 0. The molecule has 4 nitrogen and oxygen atoms in total. The lowest BCUT2D eigenvalue weighted by Crippen LogP contribution is -2.19. The number of aliphatic hydroxyl groups excluding tert-OH is 1. The Morgan fingerprint density at radius 1 is 0.931 bits per heavy atom. The fourth-order valence-corrected chi connectivity index (χ4v) is 3.55. The summed E-state index contributed by atoms with van der Waals surface area (Å²) in [6.07, 6.45) is 3.52. The summed E-state index contributed by atoms with van der Waals surface area (Å²) in [6, 6.07) is 0. The first-order chi connectivity index (χ1) is 13.6. The van der Waals surface area contributed by atoms with Crippen LogP contribution in [0.4, 0.5) is 22.0 Å². The van der Waals surface area contributed by atoms with Crippen molar-refractivity contribution in [1.29, 1.82) is 0 Å². The Morgan fingerprint density at radius 2 is 1.48 bits per heavy atom. The van der Waals surface area contributed by atoms with Crippen LogP contribution >= 0.6 is 0 Å². The number of Topliss-reactive ketones (excluding diaryl/α,β-unsaturated/α-hetero) is 1. The molecule has 1 aliphatic rings. The molecule has 2 rings (SSSR count). The van der Waals surface area contributed by atoms with Gasteiger partial charge < -0.3 is 10.2 Å². The molecule has 0 bridgehead atoms. The predicted octanol–water partition coefficient (Wildman–Crippen LogP) is 4.39. The van der Waals surface area contributed by atoms with Gasteiger partial charge in [-0.05, 0) is 25.2 Å². The van der Waals surface area contributed by atoms with Gasteiger partial charge in [-0.25, -0.2) is 22.0 Å². The van der Waals surface area contributed by atoms with Crippen LogP contribution in [0.3, 0.4) is 0 Å². The molecule has 1 aliphatic carbocycles. The van der Waals surface area contributed by atoms with E-state index in [1.54, 1.807) is 0 Å². The lowest BCUT2D eigenvalue weighted by Gasteiger charge is -2.14. The van der Waals surface area contributed by atoms with E-state index in [2.05, 4.69) is 0 Å². The van der Waals surface area contributed by atoms with E-state index in [0.717, 1.165) is 6.08 Å². The topological polar surface area (TPSA) is 74.6 Å². The van der Waals surface area contributed by atoms with Crippen LogP contribution in [0, 0.1) is 40.9 Å². The van der Waals surface area contributed by atoms with Gasteiger partial charge in [-0.1, -0.05) is 31.4 Å². The summed E-state index contributed by atoms with van der Waals surface area (Å²) in [5, 5.41) is 18.4. The lowest BCUT2D eigenvalue weighted by molar-refractivity contribution is -0.137. The highest BCUT2D eigenvalue weighted by Gasteiger charge is 2.39. The molecule has 1 aromatic rings. The number of aliphatic hydroxyl groups is 1. The van der Waals surface area contributed by atoms with Gasteiger partial charge >= 0.3 is 5.97 Å². The summed E-state index contributed by atoms with van der Waals surface area (Å²) in [5.41, 5.74) is -1.09. The number of aliphatic carboxylic acids is 1. The minimum atomic E-state index is -2.25. The number of allylic oxidation sites excluding steroid dienone is 1. The van der Waals surface area contributed by atoms with E-state index < -0.39 is 64.3 Å². The number of ketones is 1. The Kier molecular flexibility index (Phi) is 7.89. The van der Waals surface area contributed by atoms with Crippen LogP contribution < -0.4 is 0 Å². The molecule has 1 saturated carbocycles. The Hall–Kier alpha value is -2.29. The number of hydrogen-bond acceptors (Lipinski definition) is 3. The van der Waals surface area contributed by atoms with Crippen LogP contribution in [0.25, 0.3) is 6.08 Å². The van der Waals surface area contributed by atoms with Crippen LogP contribution in [0.5, 0.6) is 0 Å². The van der Waals surface area contributed by atoms with Crippen LogP contribution in [0.1, 0.15) is 50.5 Å². The first-order valence-electron chi connectivity index (χ1n) is 9.28. The molecular weight excluding hydrogens is 399 g/mol. The van der Waals surface area contributed by atoms with E-state index in [0.29, 0.717) is 32.1 Å². The second kappa shape index (κ2) is 9.96. The van der Waals surface area contributed by atoms with Crippen molar-refractivity contribution in [1.82, 2.24) is 0 Å². The molecule has 1 aromatic carbocycles. The molecule has 1 fully saturated rings. The number of rotatable bonds is 9. The smallest absolute Gasteiger partial charge is 0.303 e. The van der Waals surface area contributed by atoms with Gasteiger partial charge in [-0.3, -0.25) is 9.59 Å². The molecule has 0 aromatic heterocycles. The molecule has 0 heterocycles. The molecule has 29 heavy (non-hydrogen) atoms. The Bertz CT molecular complexity index is 780. The van der Waals surface area contributed by atoms with E-state index in [1.807, 2.05) is 0 Å². The van der Waals surface area contributed by atoms with Crippen LogP contribution in [0.15, 0.2) is 6.08 Å². The largest absolute Gasteiger partial charge is 0.481 e. The summed E-state index contributed by atoms with van der Waals surface area (Å²) in [4.78, 5) is 22.6. The fourth-order valence-electron chi connectivity index (χ4n) is 3.55. The third-order valence-electron chi connectivity index (χ3n) is 5.12. The van der Waals surface area contributed by atoms with E-state index in [1.165, 1.54) is 6.08 Å². The zero-order valence-electron chi connectivity index (χ0n) is 15.4. The average molecular weight is 420 g/mol. The molecular formula is C20H21F5O4. The number of carboxylic acid groups (broad SMARTS) is 1. The maximum atomic E-state index is 13.8. The van der Waals surface area contributed by atoms with E-state index in [4.69, 9.17) is 5.11 Å². The average Bonchev–Trinajstić information content (AvgIpc) is 2.94. The second-order valence-corrected chi connectivity index (χ2v) is 7.11. The van der Waals surface area contributed by atoms with Crippen LogP contribution in [-0.4, -0.2) is 28.1 Å². The molecule has 0 saturated heterocycles. The number of benzene rings is 1. The van der Waals surface area contributed by atoms with Crippen molar-refractivity contribution in [2.24, 2.45) is 11.8 Å². The number of hydrogen-bond donors (Lipinski definition) is 2. The summed E-state index contributed by atoms with van der Waals surface area (Å²) in [5.74, 6) is -12.8. The monoisotopic (exact) mass is 420 g/mol. The molecule has 0 spiro atoms. The van der Waals surface area contributed by atoms with Crippen molar-refractivity contribution in [2.45, 2.75) is 51.0 Å². The van der Waals surface area contributed by atoms with Crippen molar-refractivity contribution in [3.8, 4) is 0 Å². The maximum absolute atomic E-state index is 13.8. The first-order valence-corrected chi connectivity index (χ1v) is 9.28. The van der Waals surface area contributed by atoms with Gasteiger partial charge in [-0.15, -0.1) is 0 Å². The normalized spacial score (nSPS) is 22.0. The third-order valence-corrected chi connectivity index (χ3v) is 5.12. The quantitative estimate of drug-likeness (QED) is 0.269. The first kappa shape index (κ1) is 23.0. The maximum Gasteiger partial charge on any atom is 0.303 e. The lowest BCUT2D eigenvalue weighted by atomic mass is 9.89. The highest BCUT2D eigenvalue weighted by molar-refractivity contribution is 5.88.